The van der Waals surface area contributed by atoms with E-state index in [9.17, 15) is 4.79 Å². The number of hydrogen-bond donors (Lipinski definition) is 1. The minimum Gasteiger partial charge on any atom is -0.497 e. The van der Waals surface area contributed by atoms with Gasteiger partial charge in [-0.3, -0.25) is 4.79 Å². The Morgan fingerprint density at radius 3 is 1.96 bits per heavy atom. The fourth-order valence-electron chi connectivity index (χ4n) is 2.42. The molecule has 0 fully saturated rings. The molecule has 4 nitrogen and oxygen atoms in total. The highest BCUT2D eigenvalue weighted by atomic mass is 16.5. The molecule has 0 unspecified atom stereocenters. The van der Waals surface area contributed by atoms with E-state index in [1.54, 1.807) is 13.2 Å². The molecule has 3 aromatic carbocycles. The van der Waals surface area contributed by atoms with Crippen LogP contribution in [0.25, 0.3) is 6.08 Å². The summed E-state index contributed by atoms with van der Waals surface area (Å²) in [5.74, 6) is 2.08. The van der Waals surface area contributed by atoms with Crippen LogP contribution in [0, 0.1) is 6.92 Å². The maximum atomic E-state index is 12.1. The molecule has 0 saturated heterocycles. The van der Waals surface area contributed by atoms with Crippen LogP contribution >= 0.6 is 0 Å². The Balaban J connectivity index is 1.56. The monoisotopic (exact) mass is 359 g/mol. The lowest BCUT2D eigenvalue weighted by molar-refractivity contribution is -0.111. The van der Waals surface area contributed by atoms with Crippen molar-refractivity contribution in [3.63, 3.8) is 0 Å². The molecule has 1 N–H and O–H groups in total. The maximum Gasteiger partial charge on any atom is 0.248 e. The number of anilines is 1. The van der Waals surface area contributed by atoms with Gasteiger partial charge in [0.2, 0.25) is 5.91 Å². The zero-order valence-corrected chi connectivity index (χ0v) is 15.3. The predicted molar refractivity (Wildman–Crippen MR) is 108 cm³/mol. The van der Waals surface area contributed by atoms with E-state index in [-0.39, 0.29) is 5.91 Å². The highest BCUT2D eigenvalue weighted by Crippen LogP contribution is 2.23. The number of carbonyl (C=O) groups excluding carboxylic acids is 1. The second-order valence-electron chi connectivity index (χ2n) is 6.04. The van der Waals surface area contributed by atoms with Gasteiger partial charge in [-0.1, -0.05) is 29.8 Å². The van der Waals surface area contributed by atoms with Crippen molar-refractivity contribution in [3.8, 4) is 17.2 Å². The average Bonchev–Trinajstić information content (AvgIpc) is 2.70. The summed E-state index contributed by atoms with van der Waals surface area (Å²) < 4.78 is 10.9. The molecule has 0 atom stereocenters. The molecule has 0 saturated carbocycles. The van der Waals surface area contributed by atoms with Crippen molar-refractivity contribution in [1.29, 1.82) is 0 Å². The van der Waals surface area contributed by atoms with Crippen LogP contribution in [0.5, 0.6) is 17.2 Å². The van der Waals surface area contributed by atoms with Gasteiger partial charge in [0.25, 0.3) is 0 Å². The lowest BCUT2D eigenvalue weighted by Crippen LogP contribution is -2.07. The first-order valence-electron chi connectivity index (χ1n) is 8.60. The lowest BCUT2D eigenvalue weighted by atomic mass is 10.2. The Labute approximate surface area is 159 Å². The highest BCUT2D eigenvalue weighted by Gasteiger charge is 2.01. The van der Waals surface area contributed by atoms with Crippen molar-refractivity contribution in [3.05, 3.63) is 90.0 Å². The van der Waals surface area contributed by atoms with Crippen molar-refractivity contribution in [2.24, 2.45) is 0 Å². The Bertz CT molecular complexity index is 911. The summed E-state index contributed by atoms with van der Waals surface area (Å²) in [7, 11) is 1.62. The molecule has 3 rings (SSSR count). The van der Waals surface area contributed by atoms with Crippen molar-refractivity contribution in [2.75, 3.05) is 12.4 Å². The molecule has 3 aromatic rings. The highest BCUT2D eigenvalue weighted by molar-refractivity contribution is 6.01. The van der Waals surface area contributed by atoms with Gasteiger partial charge in [0, 0.05) is 11.8 Å². The number of benzene rings is 3. The minimum absolute atomic E-state index is 0.196. The minimum atomic E-state index is -0.196. The first kappa shape index (κ1) is 18.3. The number of methoxy groups -OCH3 is 1. The van der Waals surface area contributed by atoms with E-state index in [1.165, 1.54) is 11.6 Å². The average molecular weight is 359 g/mol. The molecule has 0 heterocycles. The van der Waals surface area contributed by atoms with E-state index in [0.717, 1.165) is 17.1 Å². The Morgan fingerprint density at radius 1 is 0.815 bits per heavy atom. The smallest absolute Gasteiger partial charge is 0.248 e. The maximum absolute atomic E-state index is 12.1. The molecule has 0 spiro atoms. The summed E-state index contributed by atoms with van der Waals surface area (Å²) in [5, 5.41) is 2.83. The van der Waals surface area contributed by atoms with Crippen LogP contribution in [0.15, 0.2) is 78.9 Å². The second-order valence-corrected chi connectivity index (χ2v) is 6.04. The number of nitrogens with one attached hydrogen (secondary N) is 1. The van der Waals surface area contributed by atoms with Gasteiger partial charge in [-0.05, 0) is 67.1 Å². The fourth-order valence-corrected chi connectivity index (χ4v) is 2.42. The fraction of sp³-hybridized carbons (Fsp3) is 0.0870. The topological polar surface area (TPSA) is 47.6 Å². The van der Waals surface area contributed by atoms with Gasteiger partial charge >= 0.3 is 0 Å². The summed E-state index contributed by atoms with van der Waals surface area (Å²) in [4.78, 5) is 12.1. The summed E-state index contributed by atoms with van der Waals surface area (Å²) in [5.41, 5.74) is 2.81. The van der Waals surface area contributed by atoms with Crippen molar-refractivity contribution in [2.45, 2.75) is 6.92 Å². The normalized spacial score (nSPS) is 10.6. The van der Waals surface area contributed by atoms with E-state index in [1.807, 2.05) is 79.7 Å². The molecule has 0 radical (unpaired) electrons. The van der Waals surface area contributed by atoms with Crippen LogP contribution < -0.4 is 14.8 Å². The van der Waals surface area contributed by atoms with Crippen molar-refractivity contribution in [1.82, 2.24) is 0 Å². The Kier molecular flexibility index (Phi) is 5.90. The standard InChI is InChI=1S/C23H21NO3/c1-17-3-10-21(11-4-17)27-22-14-8-19(9-15-22)24-23(25)16-7-18-5-12-20(26-2)13-6-18/h3-16H,1-2H3,(H,24,25)/b16-7+. The number of carbonyl (C=O) groups is 1. The van der Waals surface area contributed by atoms with E-state index < -0.39 is 0 Å². The third-order valence-electron chi connectivity index (χ3n) is 3.92. The quantitative estimate of drug-likeness (QED) is 0.596. The molecule has 27 heavy (non-hydrogen) atoms. The predicted octanol–water partition coefficient (Wildman–Crippen LogP) is 5.45. The van der Waals surface area contributed by atoms with E-state index >= 15 is 0 Å². The SMILES string of the molecule is COc1ccc(/C=C/C(=O)Nc2ccc(Oc3ccc(C)cc3)cc2)cc1. The van der Waals surface area contributed by atoms with Crippen LogP contribution in [0.3, 0.4) is 0 Å². The summed E-state index contributed by atoms with van der Waals surface area (Å²) in [6.45, 7) is 2.03. The van der Waals surface area contributed by atoms with Gasteiger partial charge in [-0.25, -0.2) is 0 Å². The van der Waals surface area contributed by atoms with Crippen LogP contribution in [0.2, 0.25) is 0 Å². The van der Waals surface area contributed by atoms with Gasteiger partial charge < -0.3 is 14.8 Å². The number of ether oxygens (including phenoxy) is 2. The summed E-state index contributed by atoms with van der Waals surface area (Å²) >= 11 is 0. The zero-order chi connectivity index (χ0) is 19.1. The molecule has 0 aliphatic carbocycles. The van der Waals surface area contributed by atoms with Gasteiger partial charge in [-0.2, -0.15) is 0 Å². The molecule has 0 aliphatic rings. The first-order valence-corrected chi connectivity index (χ1v) is 8.60. The lowest BCUT2D eigenvalue weighted by Gasteiger charge is -2.07. The molecule has 0 bridgehead atoms. The number of amides is 1. The third-order valence-corrected chi connectivity index (χ3v) is 3.92. The van der Waals surface area contributed by atoms with Crippen LogP contribution in [-0.4, -0.2) is 13.0 Å². The zero-order valence-electron chi connectivity index (χ0n) is 15.3. The number of hydrogen-bond acceptors (Lipinski definition) is 3. The largest absolute Gasteiger partial charge is 0.497 e. The Hall–Kier alpha value is -3.53. The van der Waals surface area contributed by atoms with E-state index in [2.05, 4.69) is 5.32 Å². The number of rotatable bonds is 6. The number of aryl methyl sites for hydroxylation is 1. The molecule has 4 heteroatoms. The van der Waals surface area contributed by atoms with Crippen molar-refractivity contribution < 1.29 is 14.3 Å². The van der Waals surface area contributed by atoms with Crippen molar-refractivity contribution >= 4 is 17.7 Å². The molecule has 0 aliphatic heterocycles. The molecular formula is C23H21NO3. The molecule has 0 aromatic heterocycles. The van der Waals surface area contributed by atoms with Gasteiger partial charge in [0.15, 0.2) is 0 Å². The van der Waals surface area contributed by atoms with Gasteiger partial charge in [0.1, 0.15) is 17.2 Å². The molecular weight excluding hydrogens is 338 g/mol. The van der Waals surface area contributed by atoms with E-state index in [4.69, 9.17) is 9.47 Å². The van der Waals surface area contributed by atoms with Gasteiger partial charge in [0.05, 0.1) is 7.11 Å². The third kappa shape index (κ3) is 5.47. The van der Waals surface area contributed by atoms with Gasteiger partial charge in [-0.15, -0.1) is 0 Å². The summed E-state index contributed by atoms with van der Waals surface area (Å²) in [6.07, 6.45) is 3.25. The van der Waals surface area contributed by atoms with Crippen LogP contribution in [0.4, 0.5) is 5.69 Å². The van der Waals surface area contributed by atoms with Crippen LogP contribution in [-0.2, 0) is 4.79 Å². The summed E-state index contributed by atoms with van der Waals surface area (Å²) in [6, 6.07) is 22.6. The molecule has 136 valence electrons. The van der Waals surface area contributed by atoms with E-state index in [0.29, 0.717) is 11.4 Å². The second kappa shape index (κ2) is 8.72. The van der Waals surface area contributed by atoms with Crippen LogP contribution in [0.1, 0.15) is 11.1 Å². The molecule has 1 amide bonds. The Morgan fingerprint density at radius 2 is 1.37 bits per heavy atom. The first-order chi connectivity index (χ1) is 13.1.